The van der Waals surface area contributed by atoms with Gasteiger partial charge in [-0.25, -0.2) is 15.0 Å². The molecule has 2 rings (SSSR count). The number of nitrogens with one attached hydrogen (secondary N) is 1. The van der Waals surface area contributed by atoms with Crippen LogP contribution in [0.25, 0.3) is 0 Å². The van der Waals surface area contributed by atoms with Crippen molar-refractivity contribution in [2.75, 3.05) is 12.4 Å². The Labute approximate surface area is 138 Å². The van der Waals surface area contributed by atoms with E-state index in [1.54, 1.807) is 18.0 Å². The number of hydrogen-bond acceptors (Lipinski definition) is 5. The van der Waals surface area contributed by atoms with E-state index in [0.29, 0.717) is 0 Å². The van der Waals surface area contributed by atoms with Crippen molar-refractivity contribution in [2.45, 2.75) is 43.2 Å². The van der Waals surface area contributed by atoms with Gasteiger partial charge in [-0.1, -0.05) is 20.8 Å². The van der Waals surface area contributed by atoms with E-state index in [1.165, 1.54) is 0 Å². The Hall–Kier alpha value is -1.14. The topological polar surface area (TPSA) is 50.7 Å². The molecular formula is C15H19BrN4S. The SMILES string of the molecule is CNc1nc(C(C)(C)C)nc(Sc2ccc(Br)cn2)c1C. The van der Waals surface area contributed by atoms with Gasteiger partial charge >= 0.3 is 0 Å². The van der Waals surface area contributed by atoms with Gasteiger partial charge in [0.1, 0.15) is 21.7 Å². The number of anilines is 1. The van der Waals surface area contributed by atoms with Crippen LogP contribution in [0.1, 0.15) is 32.2 Å². The molecule has 21 heavy (non-hydrogen) atoms. The molecule has 2 aromatic rings. The Balaban J connectivity index is 2.44. The summed E-state index contributed by atoms with van der Waals surface area (Å²) in [6, 6.07) is 3.96. The number of halogens is 1. The normalized spacial score (nSPS) is 11.5. The highest BCUT2D eigenvalue weighted by Gasteiger charge is 2.21. The number of aromatic nitrogens is 3. The number of pyridine rings is 1. The second kappa shape index (κ2) is 6.32. The van der Waals surface area contributed by atoms with Gasteiger partial charge in [0.15, 0.2) is 0 Å². The summed E-state index contributed by atoms with van der Waals surface area (Å²) in [6.07, 6.45) is 1.79. The third kappa shape index (κ3) is 3.95. The van der Waals surface area contributed by atoms with Crippen molar-refractivity contribution in [3.05, 3.63) is 34.2 Å². The van der Waals surface area contributed by atoms with Crippen LogP contribution in [0, 0.1) is 6.92 Å². The van der Waals surface area contributed by atoms with E-state index in [-0.39, 0.29) is 5.41 Å². The molecule has 0 aliphatic heterocycles. The smallest absolute Gasteiger partial charge is 0.137 e. The largest absolute Gasteiger partial charge is 0.373 e. The van der Waals surface area contributed by atoms with Gasteiger partial charge in [-0.05, 0) is 46.7 Å². The summed E-state index contributed by atoms with van der Waals surface area (Å²) >= 11 is 4.96. The van der Waals surface area contributed by atoms with Gasteiger partial charge in [0, 0.05) is 28.7 Å². The van der Waals surface area contributed by atoms with Crippen LogP contribution in [0.4, 0.5) is 5.82 Å². The number of rotatable bonds is 3. The van der Waals surface area contributed by atoms with Crippen molar-refractivity contribution in [1.82, 2.24) is 15.0 Å². The van der Waals surface area contributed by atoms with Crippen LogP contribution in [-0.4, -0.2) is 22.0 Å². The molecule has 0 spiro atoms. The molecule has 0 saturated carbocycles. The van der Waals surface area contributed by atoms with E-state index in [4.69, 9.17) is 4.98 Å². The lowest BCUT2D eigenvalue weighted by molar-refractivity contribution is 0.538. The van der Waals surface area contributed by atoms with Crippen LogP contribution in [0.15, 0.2) is 32.9 Å². The first-order valence-electron chi connectivity index (χ1n) is 6.67. The molecule has 112 valence electrons. The lowest BCUT2D eigenvalue weighted by Crippen LogP contribution is -2.18. The predicted molar refractivity (Wildman–Crippen MR) is 91.1 cm³/mol. The average molecular weight is 367 g/mol. The third-order valence-corrected chi connectivity index (χ3v) is 4.42. The van der Waals surface area contributed by atoms with E-state index >= 15 is 0 Å². The summed E-state index contributed by atoms with van der Waals surface area (Å²) in [6.45, 7) is 8.37. The van der Waals surface area contributed by atoms with Gasteiger partial charge in [-0.3, -0.25) is 0 Å². The molecule has 0 radical (unpaired) electrons. The Bertz CT molecular complexity index is 635. The molecule has 0 saturated heterocycles. The molecule has 0 amide bonds. The summed E-state index contributed by atoms with van der Waals surface area (Å²) in [5.74, 6) is 1.70. The van der Waals surface area contributed by atoms with Crippen LogP contribution in [0.5, 0.6) is 0 Å². The lowest BCUT2D eigenvalue weighted by atomic mass is 9.95. The third-order valence-electron chi connectivity index (χ3n) is 2.91. The van der Waals surface area contributed by atoms with Crippen molar-refractivity contribution in [2.24, 2.45) is 0 Å². The molecule has 0 aliphatic rings. The van der Waals surface area contributed by atoms with Crippen molar-refractivity contribution in [3.63, 3.8) is 0 Å². The molecule has 0 fully saturated rings. The summed E-state index contributed by atoms with van der Waals surface area (Å²) in [5, 5.41) is 5.01. The molecule has 2 aromatic heterocycles. The molecule has 6 heteroatoms. The zero-order chi connectivity index (χ0) is 15.6. The number of nitrogens with zero attached hydrogens (tertiary/aromatic N) is 3. The molecule has 4 nitrogen and oxygen atoms in total. The fourth-order valence-corrected chi connectivity index (χ4v) is 2.75. The highest BCUT2D eigenvalue weighted by Crippen LogP contribution is 2.32. The molecule has 0 atom stereocenters. The quantitative estimate of drug-likeness (QED) is 0.814. The Morgan fingerprint density at radius 2 is 1.90 bits per heavy atom. The first-order valence-corrected chi connectivity index (χ1v) is 8.28. The molecule has 0 bridgehead atoms. The summed E-state index contributed by atoms with van der Waals surface area (Å²) in [7, 11) is 1.88. The molecule has 0 unspecified atom stereocenters. The van der Waals surface area contributed by atoms with E-state index in [1.807, 2.05) is 26.1 Å². The second-order valence-corrected chi connectivity index (χ2v) is 7.67. The van der Waals surface area contributed by atoms with Crippen LogP contribution < -0.4 is 5.32 Å². The van der Waals surface area contributed by atoms with Crippen LogP contribution in [-0.2, 0) is 5.41 Å². The van der Waals surface area contributed by atoms with Crippen LogP contribution in [0.2, 0.25) is 0 Å². The average Bonchev–Trinajstić information content (AvgIpc) is 2.42. The monoisotopic (exact) mass is 366 g/mol. The minimum absolute atomic E-state index is 0.0955. The first kappa shape index (κ1) is 16.2. The highest BCUT2D eigenvalue weighted by molar-refractivity contribution is 9.10. The van der Waals surface area contributed by atoms with Crippen molar-refractivity contribution in [3.8, 4) is 0 Å². The molecule has 2 heterocycles. The summed E-state index contributed by atoms with van der Waals surface area (Å²) < 4.78 is 0.970. The minimum Gasteiger partial charge on any atom is -0.373 e. The minimum atomic E-state index is -0.0955. The van der Waals surface area contributed by atoms with Crippen molar-refractivity contribution < 1.29 is 0 Å². The molecule has 0 aliphatic carbocycles. The summed E-state index contributed by atoms with van der Waals surface area (Å²) in [4.78, 5) is 13.7. The van der Waals surface area contributed by atoms with E-state index < -0.39 is 0 Å². The van der Waals surface area contributed by atoms with Crippen molar-refractivity contribution >= 4 is 33.5 Å². The number of hydrogen-bond donors (Lipinski definition) is 1. The summed E-state index contributed by atoms with van der Waals surface area (Å²) in [5.41, 5.74) is 0.946. The molecule has 1 N–H and O–H groups in total. The Morgan fingerprint density at radius 3 is 2.43 bits per heavy atom. The Morgan fingerprint density at radius 1 is 1.19 bits per heavy atom. The molecule has 0 aromatic carbocycles. The molecular weight excluding hydrogens is 348 g/mol. The zero-order valence-electron chi connectivity index (χ0n) is 12.9. The van der Waals surface area contributed by atoms with E-state index in [2.05, 4.69) is 52.0 Å². The lowest BCUT2D eigenvalue weighted by Gasteiger charge is -2.20. The first-order chi connectivity index (χ1) is 9.81. The van der Waals surface area contributed by atoms with E-state index in [0.717, 1.165) is 31.7 Å². The zero-order valence-corrected chi connectivity index (χ0v) is 15.3. The highest BCUT2D eigenvalue weighted by atomic mass is 79.9. The van der Waals surface area contributed by atoms with Gasteiger partial charge in [0.2, 0.25) is 0 Å². The maximum atomic E-state index is 4.73. The van der Waals surface area contributed by atoms with Gasteiger partial charge in [0.25, 0.3) is 0 Å². The maximum absolute atomic E-state index is 4.73. The van der Waals surface area contributed by atoms with E-state index in [9.17, 15) is 0 Å². The maximum Gasteiger partial charge on any atom is 0.137 e. The van der Waals surface area contributed by atoms with Gasteiger partial charge < -0.3 is 5.32 Å². The van der Waals surface area contributed by atoms with Crippen LogP contribution >= 0.6 is 27.7 Å². The predicted octanol–water partition coefficient (Wildman–Crippen LogP) is 4.43. The standard InChI is InChI=1S/C15H19BrN4S/c1-9-12(17-5)19-14(15(2,3)4)20-13(9)21-11-7-6-10(16)8-18-11/h6-8H,1-5H3,(H,17,19,20). The fraction of sp³-hybridized carbons (Fsp3) is 0.400. The van der Waals surface area contributed by atoms with Gasteiger partial charge in [-0.15, -0.1) is 0 Å². The fourth-order valence-electron chi connectivity index (χ4n) is 1.70. The Kier molecular flexibility index (Phi) is 4.88. The van der Waals surface area contributed by atoms with Gasteiger partial charge in [0.05, 0.1) is 0 Å². The second-order valence-electron chi connectivity index (χ2n) is 5.74. The van der Waals surface area contributed by atoms with Crippen LogP contribution in [0.3, 0.4) is 0 Å². The van der Waals surface area contributed by atoms with Crippen molar-refractivity contribution in [1.29, 1.82) is 0 Å². The van der Waals surface area contributed by atoms with Gasteiger partial charge in [-0.2, -0.15) is 0 Å².